The number of aliphatic hydroxyl groups excluding tert-OH is 1. The van der Waals surface area contributed by atoms with Crippen LogP contribution < -0.4 is 9.47 Å². The first-order chi connectivity index (χ1) is 7.04. The van der Waals surface area contributed by atoms with E-state index in [9.17, 15) is 8.78 Å². The molecule has 3 nitrogen and oxygen atoms in total. The van der Waals surface area contributed by atoms with Gasteiger partial charge in [0.25, 0.3) is 5.92 Å². The standard InChI is InChI=1S/C10H10F2O3/c1-6-2-8-9(15-5-14-8)3-7(6)10(11,12)4-13/h2-3,13H,4-5H2,1H3. The molecule has 0 unspecified atom stereocenters. The highest BCUT2D eigenvalue weighted by molar-refractivity contribution is 5.49. The first kappa shape index (κ1) is 10.2. The minimum atomic E-state index is -3.24. The van der Waals surface area contributed by atoms with Gasteiger partial charge in [0.05, 0.1) is 0 Å². The smallest absolute Gasteiger partial charge is 0.296 e. The van der Waals surface area contributed by atoms with Crippen LogP contribution in [0.25, 0.3) is 0 Å². The Morgan fingerprint density at radius 1 is 1.33 bits per heavy atom. The number of hydrogen-bond donors (Lipinski definition) is 1. The zero-order chi connectivity index (χ0) is 11.1. The molecule has 2 rings (SSSR count). The summed E-state index contributed by atoms with van der Waals surface area (Å²) in [4.78, 5) is 0. The predicted octanol–water partition coefficient (Wildman–Crippen LogP) is 1.81. The summed E-state index contributed by atoms with van der Waals surface area (Å²) in [5.41, 5.74) is 0.146. The topological polar surface area (TPSA) is 38.7 Å². The van der Waals surface area contributed by atoms with Crippen LogP contribution in [0.15, 0.2) is 12.1 Å². The van der Waals surface area contributed by atoms with Crippen molar-refractivity contribution >= 4 is 0 Å². The quantitative estimate of drug-likeness (QED) is 0.819. The van der Waals surface area contributed by atoms with Crippen molar-refractivity contribution in [2.45, 2.75) is 12.8 Å². The van der Waals surface area contributed by atoms with Gasteiger partial charge in [0.2, 0.25) is 6.79 Å². The Bertz CT molecular complexity index is 390. The highest BCUT2D eigenvalue weighted by Gasteiger charge is 2.34. The summed E-state index contributed by atoms with van der Waals surface area (Å²) in [6, 6.07) is 2.70. The van der Waals surface area contributed by atoms with Crippen molar-refractivity contribution in [2.24, 2.45) is 0 Å². The molecule has 15 heavy (non-hydrogen) atoms. The molecular weight excluding hydrogens is 206 g/mol. The fourth-order valence-corrected chi connectivity index (χ4v) is 1.52. The van der Waals surface area contributed by atoms with Crippen LogP contribution in [-0.4, -0.2) is 18.5 Å². The Hall–Kier alpha value is -1.36. The molecule has 0 aliphatic carbocycles. The maximum Gasteiger partial charge on any atom is 0.296 e. The number of fused-ring (bicyclic) bond motifs is 1. The molecule has 0 radical (unpaired) electrons. The summed E-state index contributed by atoms with van der Waals surface area (Å²) in [5, 5.41) is 8.60. The third kappa shape index (κ3) is 1.63. The molecule has 0 fully saturated rings. The zero-order valence-electron chi connectivity index (χ0n) is 8.09. The van der Waals surface area contributed by atoms with E-state index >= 15 is 0 Å². The van der Waals surface area contributed by atoms with Crippen LogP contribution in [0, 0.1) is 6.92 Å². The van der Waals surface area contributed by atoms with Crippen molar-refractivity contribution in [1.29, 1.82) is 0 Å². The molecule has 0 amide bonds. The van der Waals surface area contributed by atoms with E-state index in [4.69, 9.17) is 14.6 Å². The van der Waals surface area contributed by atoms with Gasteiger partial charge in [-0.15, -0.1) is 0 Å². The molecule has 0 spiro atoms. The van der Waals surface area contributed by atoms with Gasteiger partial charge >= 0.3 is 0 Å². The maximum atomic E-state index is 13.3. The molecule has 1 heterocycles. The van der Waals surface area contributed by atoms with Gasteiger partial charge < -0.3 is 14.6 Å². The molecule has 0 atom stereocenters. The van der Waals surface area contributed by atoms with E-state index < -0.39 is 12.5 Å². The summed E-state index contributed by atoms with van der Waals surface area (Å²) >= 11 is 0. The number of benzene rings is 1. The zero-order valence-corrected chi connectivity index (χ0v) is 8.09. The van der Waals surface area contributed by atoms with Gasteiger partial charge in [0.1, 0.15) is 6.61 Å². The number of alkyl halides is 2. The van der Waals surface area contributed by atoms with Crippen LogP contribution in [0.1, 0.15) is 11.1 Å². The summed E-state index contributed by atoms with van der Waals surface area (Å²) in [6.45, 7) is 0.372. The molecule has 0 saturated heterocycles. The number of halogens is 2. The van der Waals surface area contributed by atoms with Crippen LogP contribution in [0.2, 0.25) is 0 Å². The van der Waals surface area contributed by atoms with Gasteiger partial charge in [-0.3, -0.25) is 0 Å². The van der Waals surface area contributed by atoms with Gasteiger partial charge in [0.15, 0.2) is 11.5 Å². The van der Waals surface area contributed by atoms with E-state index in [0.717, 1.165) is 0 Å². The summed E-state index contributed by atoms with van der Waals surface area (Å²) < 4.78 is 36.6. The number of aryl methyl sites for hydroxylation is 1. The Labute approximate surface area is 85.2 Å². The largest absolute Gasteiger partial charge is 0.454 e. The molecule has 0 aromatic heterocycles. The third-order valence-electron chi connectivity index (χ3n) is 2.31. The third-order valence-corrected chi connectivity index (χ3v) is 2.31. The molecule has 1 N–H and O–H groups in total. The van der Waals surface area contributed by atoms with Crippen LogP contribution >= 0.6 is 0 Å². The molecule has 1 aromatic rings. The van der Waals surface area contributed by atoms with Crippen molar-refractivity contribution in [3.05, 3.63) is 23.3 Å². The predicted molar refractivity (Wildman–Crippen MR) is 48.3 cm³/mol. The molecule has 0 saturated carbocycles. The molecule has 0 bridgehead atoms. The van der Waals surface area contributed by atoms with Gasteiger partial charge in [0, 0.05) is 5.56 Å². The minimum Gasteiger partial charge on any atom is -0.454 e. The van der Waals surface area contributed by atoms with Crippen molar-refractivity contribution in [2.75, 3.05) is 13.4 Å². The van der Waals surface area contributed by atoms with E-state index in [-0.39, 0.29) is 12.4 Å². The number of hydrogen-bond acceptors (Lipinski definition) is 3. The summed E-state index contributed by atoms with van der Waals surface area (Å²) in [7, 11) is 0. The Kier molecular flexibility index (Phi) is 2.26. The highest BCUT2D eigenvalue weighted by atomic mass is 19.3. The second-order valence-electron chi connectivity index (χ2n) is 3.38. The highest BCUT2D eigenvalue weighted by Crippen LogP contribution is 2.39. The molecule has 1 aliphatic heterocycles. The van der Waals surface area contributed by atoms with Crippen molar-refractivity contribution in [3.8, 4) is 11.5 Å². The van der Waals surface area contributed by atoms with Gasteiger partial charge in [-0.05, 0) is 24.6 Å². The minimum absolute atomic E-state index is 0.0446. The molecule has 82 valence electrons. The van der Waals surface area contributed by atoms with Gasteiger partial charge in [-0.2, -0.15) is 8.78 Å². The molecule has 5 heteroatoms. The Morgan fingerprint density at radius 2 is 1.93 bits per heavy atom. The average Bonchev–Trinajstić information content (AvgIpc) is 2.63. The van der Waals surface area contributed by atoms with Crippen molar-refractivity contribution in [3.63, 3.8) is 0 Å². The Morgan fingerprint density at radius 3 is 2.53 bits per heavy atom. The van der Waals surface area contributed by atoms with E-state index in [1.165, 1.54) is 12.1 Å². The number of aliphatic hydroxyl groups is 1. The van der Waals surface area contributed by atoms with Crippen LogP contribution in [0.5, 0.6) is 11.5 Å². The van der Waals surface area contributed by atoms with Crippen LogP contribution in [0.4, 0.5) is 8.78 Å². The number of rotatable bonds is 2. The molecular formula is C10H10F2O3. The lowest BCUT2D eigenvalue weighted by atomic mass is 10.0. The first-order valence-corrected chi connectivity index (χ1v) is 4.44. The monoisotopic (exact) mass is 216 g/mol. The van der Waals surface area contributed by atoms with Crippen molar-refractivity contribution < 1.29 is 23.4 Å². The lowest BCUT2D eigenvalue weighted by Crippen LogP contribution is -2.19. The van der Waals surface area contributed by atoms with Crippen LogP contribution in [0.3, 0.4) is 0 Å². The van der Waals surface area contributed by atoms with E-state index in [2.05, 4.69) is 0 Å². The maximum absolute atomic E-state index is 13.3. The van der Waals surface area contributed by atoms with E-state index in [0.29, 0.717) is 17.1 Å². The lowest BCUT2D eigenvalue weighted by molar-refractivity contribution is -0.0562. The second-order valence-corrected chi connectivity index (χ2v) is 3.38. The Balaban J connectivity index is 2.49. The summed E-state index contributed by atoms with van der Waals surface area (Å²) in [6.07, 6.45) is 0. The van der Waals surface area contributed by atoms with E-state index in [1.54, 1.807) is 6.92 Å². The molecule has 1 aliphatic rings. The molecule has 1 aromatic carbocycles. The van der Waals surface area contributed by atoms with Crippen molar-refractivity contribution in [1.82, 2.24) is 0 Å². The first-order valence-electron chi connectivity index (χ1n) is 4.44. The van der Waals surface area contributed by atoms with E-state index in [1.807, 2.05) is 0 Å². The normalized spacial score (nSPS) is 14.4. The number of ether oxygens (including phenoxy) is 2. The average molecular weight is 216 g/mol. The van der Waals surface area contributed by atoms with Gasteiger partial charge in [-0.1, -0.05) is 0 Å². The van der Waals surface area contributed by atoms with Gasteiger partial charge in [-0.25, -0.2) is 0 Å². The fourth-order valence-electron chi connectivity index (χ4n) is 1.52. The second kappa shape index (κ2) is 3.34. The van der Waals surface area contributed by atoms with Crippen LogP contribution in [-0.2, 0) is 5.92 Å². The lowest BCUT2D eigenvalue weighted by Gasteiger charge is -2.16. The summed E-state index contributed by atoms with van der Waals surface area (Å²) in [5.74, 6) is -2.49. The fraction of sp³-hybridized carbons (Fsp3) is 0.400. The SMILES string of the molecule is Cc1cc2c(cc1C(F)(F)CO)OCO2.